The molecule has 2 aliphatic rings. The van der Waals surface area contributed by atoms with Crippen molar-refractivity contribution in [3.63, 3.8) is 0 Å². The maximum atomic E-state index is 12.3. The molecule has 5 nitrogen and oxygen atoms in total. The van der Waals surface area contributed by atoms with Crippen LogP contribution in [0.1, 0.15) is 11.3 Å². The Morgan fingerprint density at radius 1 is 1.40 bits per heavy atom. The molecule has 2 atom stereocenters. The highest BCUT2D eigenvalue weighted by Crippen LogP contribution is 2.15. The second kappa shape index (κ2) is 6.22. The van der Waals surface area contributed by atoms with Gasteiger partial charge >= 0.3 is 0 Å². The number of aliphatic hydroxyl groups is 1. The lowest BCUT2D eigenvalue weighted by atomic mass is 10.1. The Labute approximate surface area is 123 Å². The molecule has 110 valence electrons. The van der Waals surface area contributed by atoms with Gasteiger partial charge in [-0.2, -0.15) is 0 Å². The number of rotatable bonds is 3. The summed E-state index contributed by atoms with van der Waals surface area (Å²) < 4.78 is 0. The van der Waals surface area contributed by atoms with Crippen molar-refractivity contribution in [2.24, 2.45) is 0 Å². The summed E-state index contributed by atoms with van der Waals surface area (Å²) in [6.07, 6.45) is 0.179. The summed E-state index contributed by atoms with van der Waals surface area (Å²) in [5, 5.41) is 14.7. The predicted octanol–water partition coefficient (Wildman–Crippen LogP) is 0.115. The Hall–Kier alpha value is -0.950. The van der Waals surface area contributed by atoms with E-state index in [1.165, 1.54) is 4.88 Å². The van der Waals surface area contributed by atoms with E-state index < -0.39 is 0 Å². The van der Waals surface area contributed by atoms with Crippen LogP contribution >= 0.6 is 11.3 Å². The summed E-state index contributed by atoms with van der Waals surface area (Å²) in [5.41, 5.74) is 0. The van der Waals surface area contributed by atoms with E-state index in [2.05, 4.69) is 27.7 Å². The molecular formula is C14H21N3O2S. The molecule has 3 rings (SSSR count). The van der Waals surface area contributed by atoms with Gasteiger partial charge in [0, 0.05) is 44.1 Å². The standard InChI is InChI=1S/C14H21N3O2S/c18-11-8-13(15-9-11)14(19)17-5-3-16(4-6-17)10-12-2-1-7-20-12/h1-2,7,11,13,15,18H,3-6,8-10H2/t11-,13-/m0/s1. The summed E-state index contributed by atoms with van der Waals surface area (Å²) in [5.74, 6) is 0.150. The summed E-state index contributed by atoms with van der Waals surface area (Å²) >= 11 is 1.78. The van der Waals surface area contributed by atoms with Gasteiger partial charge < -0.3 is 15.3 Å². The zero-order valence-electron chi connectivity index (χ0n) is 11.5. The van der Waals surface area contributed by atoms with Crippen molar-refractivity contribution in [2.45, 2.75) is 25.1 Å². The fraction of sp³-hybridized carbons (Fsp3) is 0.643. The third-order valence-electron chi connectivity index (χ3n) is 4.05. The van der Waals surface area contributed by atoms with Crippen LogP contribution in [-0.4, -0.2) is 65.7 Å². The molecule has 1 aromatic rings. The maximum Gasteiger partial charge on any atom is 0.239 e. The lowest BCUT2D eigenvalue weighted by Gasteiger charge is -2.35. The highest BCUT2D eigenvalue weighted by molar-refractivity contribution is 7.09. The minimum Gasteiger partial charge on any atom is -0.392 e. The Morgan fingerprint density at radius 2 is 2.20 bits per heavy atom. The van der Waals surface area contributed by atoms with Gasteiger partial charge in [0.15, 0.2) is 0 Å². The number of nitrogens with one attached hydrogen (secondary N) is 1. The number of hydrogen-bond acceptors (Lipinski definition) is 5. The fourth-order valence-electron chi connectivity index (χ4n) is 2.87. The number of β-amino-alcohol motifs (C(OH)–C–C–N with tert-alkyl or cyclic N) is 1. The third-order valence-corrected chi connectivity index (χ3v) is 4.91. The Morgan fingerprint density at radius 3 is 2.80 bits per heavy atom. The third kappa shape index (κ3) is 3.20. The first-order valence-corrected chi connectivity index (χ1v) is 8.05. The van der Waals surface area contributed by atoms with E-state index in [1.807, 2.05) is 4.90 Å². The molecule has 0 aromatic carbocycles. The monoisotopic (exact) mass is 295 g/mol. The highest BCUT2D eigenvalue weighted by Gasteiger charge is 2.32. The van der Waals surface area contributed by atoms with Crippen LogP contribution in [0.25, 0.3) is 0 Å². The van der Waals surface area contributed by atoms with Gasteiger partial charge in [-0.1, -0.05) is 6.07 Å². The van der Waals surface area contributed by atoms with Crippen molar-refractivity contribution in [3.05, 3.63) is 22.4 Å². The van der Waals surface area contributed by atoms with Crippen molar-refractivity contribution >= 4 is 17.2 Å². The van der Waals surface area contributed by atoms with E-state index in [9.17, 15) is 9.90 Å². The molecule has 20 heavy (non-hydrogen) atoms. The molecule has 3 heterocycles. The molecule has 0 unspecified atom stereocenters. The summed E-state index contributed by atoms with van der Waals surface area (Å²) in [7, 11) is 0. The van der Waals surface area contributed by atoms with Crippen molar-refractivity contribution in [3.8, 4) is 0 Å². The average molecular weight is 295 g/mol. The van der Waals surface area contributed by atoms with Crippen molar-refractivity contribution in [1.29, 1.82) is 0 Å². The van der Waals surface area contributed by atoms with Crippen LogP contribution < -0.4 is 5.32 Å². The first-order valence-electron chi connectivity index (χ1n) is 7.17. The zero-order chi connectivity index (χ0) is 13.9. The smallest absolute Gasteiger partial charge is 0.239 e. The fourth-order valence-corrected chi connectivity index (χ4v) is 3.62. The van der Waals surface area contributed by atoms with Crippen LogP contribution in [0.2, 0.25) is 0 Å². The minimum atomic E-state index is -0.371. The second-order valence-electron chi connectivity index (χ2n) is 5.53. The number of carbonyl (C=O) groups excluding carboxylic acids is 1. The lowest BCUT2D eigenvalue weighted by Crippen LogP contribution is -2.52. The van der Waals surface area contributed by atoms with Gasteiger partial charge in [0.2, 0.25) is 5.91 Å². The topological polar surface area (TPSA) is 55.8 Å². The summed E-state index contributed by atoms with van der Waals surface area (Å²) in [6.45, 7) is 4.96. The highest BCUT2D eigenvalue weighted by atomic mass is 32.1. The number of nitrogens with zero attached hydrogens (tertiary/aromatic N) is 2. The van der Waals surface area contributed by atoms with Crippen molar-refractivity contribution < 1.29 is 9.90 Å². The molecule has 0 spiro atoms. The predicted molar refractivity (Wildman–Crippen MR) is 78.6 cm³/mol. The van der Waals surface area contributed by atoms with E-state index in [-0.39, 0.29) is 18.1 Å². The van der Waals surface area contributed by atoms with E-state index in [4.69, 9.17) is 0 Å². The Bertz CT molecular complexity index is 443. The number of thiophene rings is 1. The van der Waals surface area contributed by atoms with Crippen LogP contribution in [-0.2, 0) is 11.3 Å². The van der Waals surface area contributed by atoms with Gasteiger partial charge in [-0.3, -0.25) is 9.69 Å². The largest absolute Gasteiger partial charge is 0.392 e. The van der Waals surface area contributed by atoms with E-state index in [0.717, 1.165) is 32.7 Å². The van der Waals surface area contributed by atoms with Crippen LogP contribution in [0.4, 0.5) is 0 Å². The van der Waals surface area contributed by atoms with Crippen molar-refractivity contribution in [1.82, 2.24) is 15.1 Å². The molecule has 0 bridgehead atoms. The van der Waals surface area contributed by atoms with Gasteiger partial charge in [-0.25, -0.2) is 0 Å². The Kier molecular flexibility index (Phi) is 4.35. The van der Waals surface area contributed by atoms with Crippen LogP contribution in [0.5, 0.6) is 0 Å². The molecule has 2 aliphatic heterocycles. The molecule has 0 radical (unpaired) electrons. The van der Waals surface area contributed by atoms with Gasteiger partial charge in [-0.05, 0) is 17.9 Å². The van der Waals surface area contributed by atoms with Crippen molar-refractivity contribution in [2.75, 3.05) is 32.7 Å². The quantitative estimate of drug-likeness (QED) is 0.831. The molecule has 2 fully saturated rings. The molecular weight excluding hydrogens is 274 g/mol. The first-order chi connectivity index (χ1) is 9.72. The SMILES string of the molecule is O=C([C@@H]1C[C@H](O)CN1)N1CCN(Cc2cccs2)CC1. The van der Waals surface area contributed by atoms with Crippen LogP contribution in [0.15, 0.2) is 17.5 Å². The number of aliphatic hydroxyl groups excluding tert-OH is 1. The van der Waals surface area contributed by atoms with Crippen LogP contribution in [0, 0.1) is 0 Å². The molecule has 1 amide bonds. The lowest BCUT2D eigenvalue weighted by molar-refractivity contribution is -0.135. The second-order valence-corrected chi connectivity index (χ2v) is 6.56. The van der Waals surface area contributed by atoms with E-state index >= 15 is 0 Å². The summed E-state index contributed by atoms with van der Waals surface area (Å²) in [6, 6.07) is 4.05. The Balaban J connectivity index is 1.47. The summed E-state index contributed by atoms with van der Waals surface area (Å²) in [4.78, 5) is 18.0. The van der Waals surface area contributed by atoms with Gasteiger partial charge in [0.1, 0.15) is 0 Å². The minimum absolute atomic E-state index is 0.150. The van der Waals surface area contributed by atoms with E-state index in [1.54, 1.807) is 11.3 Å². The van der Waals surface area contributed by atoms with Crippen LogP contribution in [0.3, 0.4) is 0 Å². The molecule has 1 aromatic heterocycles. The number of carbonyl (C=O) groups is 1. The maximum absolute atomic E-state index is 12.3. The number of hydrogen-bond donors (Lipinski definition) is 2. The number of piperazine rings is 1. The van der Waals surface area contributed by atoms with Gasteiger partial charge in [-0.15, -0.1) is 11.3 Å². The van der Waals surface area contributed by atoms with Gasteiger partial charge in [0.05, 0.1) is 12.1 Å². The number of amides is 1. The molecule has 2 N–H and O–H groups in total. The van der Waals surface area contributed by atoms with E-state index in [0.29, 0.717) is 13.0 Å². The average Bonchev–Trinajstić information content (AvgIpc) is 3.10. The van der Waals surface area contributed by atoms with Gasteiger partial charge in [0.25, 0.3) is 0 Å². The first kappa shape index (κ1) is 14.0. The molecule has 2 saturated heterocycles. The molecule has 0 aliphatic carbocycles. The molecule has 6 heteroatoms. The molecule has 0 saturated carbocycles. The normalized spacial score (nSPS) is 27.9. The zero-order valence-corrected chi connectivity index (χ0v) is 12.3.